The highest BCUT2D eigenvalue weighted by Gasteiger charge is 2.62. The maximum Gasteiger partial charge on any atom is 0.251 e. The molecule has 3 fully saturated rings. The predicted octanol–water partition coefficient (Wildman–Crippen LogP) is 2.33. The molecule has 3 N–H and O–H groups in total. The fourth-order valence-corrected chi connectivity index (χ4v) is 6.14. The fourth-order valence-electron chi connectivity index (χ4n) is 6.14. The van der Waals surface area contributed by atoms with Crippen LogP contribution in [-0.4, -0.2) is 36.5 Å². The summed E-state index contributed by atoms with van der Waals surface area (Å²) in [4.78, 5) is 24.7. The summed E-state index contributed by atoms with van der Waals surface area (Å²) in [5.41, 5.74) is 3.58. The van der Waals surface area contributed by atoms with Crippen molar-refractivity contribution in [2.45, 2.75) is 43.8 Å². The molecule has 7 heteroatoms. The number of carbonyl (C=O) groups is 2. The normalized spacial score (nSPS) is 29.5. The van der Waals surface area contributed by atoms with Crippen LogP contribution in [0.5, 0.6) is 0 Å². The lowest BCUT2D eigenvalue weighted by molar-refractivity contribution is -0.124. The molecule has 0 aromatic heterocycles. The number of piperidine rings is 1. The van der Waals surface area contributed by atoms with E-state index in [1.54, 1.807) is 12.1 Å². The van der Waals surface area contributed by atoms with Gasteiger partial charge in [-0.25, -0.2) is 4.39 Å². The quantitative estimate of drug-likeness (QED) is 0.660. The number of halogens is 1. The Hall–Kier alpha value is -3.24. The smallest absolute Gasteiger partial charge is 0.251 e. The van der Waals surface area contributed by atoms with E-state index in [0.717, 1.165) is 29.9 Å². The Balaban J connectivity index is 1.15. The second-order valence-electron chi connectivity index (χ2n) is 9.79. The Bertz CT molecular complexity index is 1210. The maximum atomic E-state index is 15.0. The summed E-state index contributed by atoms with van der Waals surface area (Å²) in [6.07, 6.45) is 3.13. The first kappa shape index (κ1) is 20.4. The average molecular weight is 445 g/mol. The number of amides is 2. The molecule has 4 aliphatic rings. The van der Waals surface area contributed by atoms with Crippen LogP contribution >= 0.6 is 0 Å². The lowest BCUT2D eigenvalue weighted by Gasteiger charge is -2.23. The minimum absolute atomic E-state index is 0.0773. The van der Waals surface area contributed by atoms with Crippen LogP contribution in [0.4, 0.5) is 4.39 Å². The van der Waals surface area contributed by atoms with Gasteiger partial charge in [0.15, 0.2) is 0 Å². The molecule has 6 atom stereocenters. The standard InChI is InChI=1S/C26H25FN4O2/c27-22-9-14(13-3-4-18-15(7-13)5-6-29-25(18)32)1-2-16(22)8-17(12-28)30-26(33)24-21-11-23(31-24)20-10-19(20)21/h1-4,7,9,17,19-21,23-24,31H,5-6,8,10-11H2,(H,29,32)(H,30,33)/t17?,19-,20+,21-,23+,24+/m1/s1. The molecular formula is C26H25FN4O2. The van der Waals surface area contributed by atoms with E-state index in [4.69, 9.17) is 0 Å². The number of nitriles is 1. The van der Waals surface area contributed by atoms with Gasteiger partial charge in [0, 0.05) is 24.6 Å². The van der Waals surface area contributed by atoms with Crippen molar-refractivity contribution in [3.63, 3.8) is 0 Å². The van der Waals surface area contributed by atoms with Gasteiger partial charge < -0.3 is 16.0 Å². The van der Waals surface area contributed by atoms with Gasteiger partial charge in [0.1, 0.15) is 11.9 Å². The van der Waals surface area contributed by atoms with Gasteiger partial charge in [-0.05, 0) is 71.4 Å². The predicted molar refractivity (Wildman–Crippen MR) is 120 cm³/mol. The monoisotopic (exact) mass is 444 g/mol. The molecule has 2 aromatic rings. The van der Waals surface area contributed by atoms with Crippen molar-refractivity contribution < 1.29 is 14.0 Å². The fraction of sp³-hybridized carbons (Fsp3) is 0.423. The van der Waals surface area contributed by atoms with Crippen LogP contribution in [0, 0.1) is 34.9 Å². The van der Waals surface area contributed by atoms with Crippen molar-refractivity contribution in [3.8, 4) is 17.2 Å². The Morgan fingerprint density at radius 1 is 1.15 bits per heavy atom. The van der Waals surface area contributed by atoms with E-state index in [2.05, 4.69) is 22.0 Å². The molecule has 1 unspecified atom stereocenters. The highest BCUT2D eigenvalue weighted by Crippen LogP contribution is 2.59. The molecule has 1 saturated heterocycles. The molecule has 0 spiro atoms. The molecule has 6 rings (SSSR count). The van der Waals surface area contributed by atoms with Gasteiger partial charge in [0.25, 0.3) is 5.91 Å². The van der Waals surface area contributed by atoms with Crippen molar-refractivity contribution in [3.05, 3.63) is 58.9 Å². The van der Waals surface area contributed by atoms with Crippen LogP contribution in [0.15, 0.2) is 36.4 Å². The first-order valence-corrected chi connectivity index (χ1v) is 11.7. The zero-order chi connectivity index (χ0) is 22.7. The van der Waals surface area contributed by atoms with Crippen molar-refractivity contribution in [1.82, 2.24) is 16.0 Å². The van der Waals surface area contributed by atoms with Crippen molar-refractivity contribution >= 4 is 11.8 Å². The van der Waals surface area contributed by atoms with Crippen molar-refractivity contribution in [1.29, 1.82) is 5.26 Å². The lowest BCUT2D eigenvalue weighted by Crippen LogP contribution is -2.51. The topological polar surface area (TPSA) is 94.0 Å². The highest BCUT2D eigenvalue weighted by atomic mass is 19.1. The molecule has 2 heterocycles. The summed E-state index contributed by atoms with van der Waals surface area (Å²) in [6.45, 7) is 0.600. The number of nitrogens with zero attached hydrogens (tertiary/aromatic N) is 1. The van der Waals surface area contributed by atoms with Crippen LogP contribution in [0.3, 0.4) is 0 Å². The number of hydrogen-bond acceptors (Lipinski definition) is 4. The Morgan fingerprint density at radius 2 is 1.97 bits per heavy atom. The van der Waals surface area contributed by atoms with Gasteiger partial charge in [-0.2, -0.15) is 5.26 Å². The number of hydrogen-bond donors (Lipinski definition) is 3. The SMILES string of the molecule is N#CC(Cc1ccc(-c2ccc3c(c2)CCNC3=O)cc1F)NC(=O)[C@H]1N[C@H]2C[C@@H]1[C@@H]1C[C@@H]12. The first-order chi connectivity index (χ1) is 16.0. The molecule has 33 heavy (non-hydrogen) atoms. The van der Waals surface area contributed by atoms with E-state index in [9.17, 15) is 19.2 Å². The first-order valence-electron chi connectivity index (χ1n) is 11.7. The molecule has 168 valence electrons. The summed E-state index contributed by atoms with van der Waals surface area (Å²) in [7, 11) is 0. The average Bonchev–Trinajstić information content (AvgIpc) is 3.42. The lowest BCUT2D eigenvalue weighted by atomic mass is 9.94. The van der Waals surface area contributed by atoms with E-state index in [1.807, 2.05) is 18.2 Å². The Kier molecular flexibility index (Phi) is 4.73. The second kappa shape index (κ2) is 7.67. The summed E-state index contributed by atoms with van der Waals surface area (Å²) in [5, 5.41) is 18.7. The summed E-state index contributed by atoms with van der Waals surface area (Å²) < 4.78 is 15.0. The van der Waals surface area contributed by atoms with Crippen molar-refractivity contribution in [2.24, 2.45) is 17.8 Å². The number of benzene rings is 2. The molecule has 2 saturated carbocycles. The van der Waals surface area contributed by atoms with Crippen LogP contribution in [-0.2, 0) is 17.6 Å². The summed E-state index contributed by atoms with van der Waals surface area (Å²) in [6, 6.07) is 12.1. The second-order valence-corrected chi connectivity index (χ2v) is 9.79. The molecular weight excluding hydrogens is 419 g/mol. The highest BCUT2D eigenvalue weighted by molar-refractivity contribution is 5.97. The number of fused-ring (bicyclic) bond motifs is 6. The van der Waals surface area contributed by atoms with Crippen LogP contribution in [0.25, 0.3) is 11.1 Å². The third-order valence-electron chi connectivity index (χ3n) is 7.90. The minimum Gasteiger partial charge on any atom is -0.352 e. The Labute approximate surface area is 191 Å². The van der Waals surface area contributed by atoms with Crippen LogP contribution < -0.4 is 16.0 Å². The van der Waals surface area contributed by atoms with Gasteiger partial charge >= 0.3 is 0 Å². The Morgan fingerprint density at radius 3 is 2.73 bits per heavy atom. The third-order valence-corrected chi connectivity index (χ3v) is 7.90. The molecule has 2 aromatic carbocycles. The minimum atomic E-state index is -0.781. The van der Waals surface area contributed by atoms with Gasteiger partial charge in [-0.3, -0.25) is 9.59 Å². The van der Waals surface area contributed by atoms with E-state index in [-0.39, 0.29) is 24.3 Å². The van der Waals surface area contributed by atoms with Gasteiger partial charge in [0.05, 0.1) is 12.1 Å². The molecule has 0 radical (unpaired) electrons. The maximum absolute atomic E-state index is 15.0. The van der Waals surface area contributed by atoms with E-state index >= 15 is 0 Å². The molecule has 6 nitrogen and oxygen atoms in total. The number of carbonyl (C=O) groups excluding carboxylic acids is 2. The largest absolute Gasteiger partial charge is 0.352 e. The molecule has 2 aliphatic carbocycles. The molecule has 2 amide bonds. The zero-order valence-electron chi connectivity index (χ0n) is 18.1. The molecule has 2 aliphatic heterocycles. The molecule has 2 bridgehead atoms. The van der Waals surface area contributed by atoms with E-state index in [0.29, 0.717) is 41.1 Å². The summed E-state index contributed by atoms with van der Waals surface area (Å²) >= 11 is 0. The summed E-state index contributed by atoms with van der Waals surface area (Å²) in [5.74, 6) is 1.15. The third kappa shape index (κ3) is 3.50. The van der Waals surface area contributed by atoms with Crippen LogP contribution in [0.2, 0.25) is 0 Å². The van der Waals surface area contributed by atoms with Gasteiger partial charge in [-0.1, -0.05) is 24.3 Å². The number of rotatable bonds is 5. The van der Waals surface area contributed by atoms with Gasteiger partial charge in [-0.15, -0.1) is 0 Å². The van der Waals surface area contributed by atoms with Crippen LogP contribution in [0.1, 0.15) is 34.3 Å². The van der Waals surface area contributed by atoms with Gasteiger partial charge in [0.2, 0.25) is 5.91 Å². The van der Waals surface area contributed by atoms with E-state index < -0.39 is 11.9 Å². The van der Waals surface area contributed by atoms with E-state index in [1.165, 1.54) is 12.5 Å². The van der Waals surface area contributed by atoms with Crippen molar-refractivity contribution in [2.75, 3.05) is 6.54 Å². The number of nitrogens with one attached hydrogen (secondary N) is 3. The zero-order valence-corrected chi connectivity index (χ0v) is 18.1.